The maximum Gasteiger partial charge on any atom is 0.245 e. The Morgan fingerprint density at radius 3 is 2.54 bits per heavy atom. The van der Waals surface area contributed by atoms with E-state index in [1.165, 1.54) is 7.11 Å². The molecule has 1 amide bonds. The van der Waals surface area contributed by atoms with Gasteiger partial charge in [-0.25, -0.2) is 8.42 Å². The molecule has 2 aromatic carbocycles. The summed E-state index contributed by atoms with van der Waals surface area (Å²) in [5.41, 5.74) is 0.759. The lowest BCUT2D eigenvalue weighted by Crippen LogP contribution is -2.37. The molecule has 24 heavy (non-hydrogen) atoms. The number of halogens is 1. The summed E-state index contributed by atoms with van der Waals surface area (Å²) in [6.45, 7) is -0.389. The summed E-state index contributed by atoms with van der Waals surface area (Å²) >= 11 is 6.05. The van der Waals surface area contributed by atoms with Crippen molar-refractivity contribution in [1.82, 2.24) is 0 Å². The van der Waals surface area contributed by atoms with Gasteiger partial charge in [0.05, 0.1) is 24.1 Å². The summed E-state index contributed by atoms with van der Waals surface area (Å²) in [7, 11) is -2.16. The van der Waals surface area contributed by atoms with E-state index < -0.39 is 15.9 Å². The van der Waals surface area contributed by atoms with Gasteiger partial charge < -0.3 is 10.1 Å². The molecule has 0 spiro atoms. The molecule has 0 aromatic heterocycles. The van der Waals surface area contributed by atoms with Crippen molar-refractivity contribution in [1.29, 1.82) is 0 Å². The van der Waals surface area contributed by atoms with Crippen LogP contribution in [0.2, 0.25) is 5.02 Å². The Hall–Kier alpha value is -2.25. The summed E-state index contributed by atoms with van der Waals surface area (Å²) in [5, 5.41) is 2.89. The molecule has 0 bridgehead atoms. The number of amides is 1. The van der Waals surface area contributed by atoms with Crippen LogP contribution in [-0.2, 0) is 14.8 Å². The first-order valence-electron chi connectivity index (χ1n) is 6.97. The van der Waals surface area contributed by atoms with Gasteiger partial charge in [0, 0.05) is 11.8 Å². The van der Waals surface area contributed by atoms with Crippen molar-refractivity contribution in [3.8, 4) is 5.75 Å². The number of carbonyl (C=O) groups is 1. The average molecular weight is 369 g/mol. The molecule has 0 saturated carbocycles. The number of sulfonamides is 1. The number of hydrogen-bond donors (Lipinski definition) is 1. The normalized spacial score (nSPS) is 11.0. The number of ether oxygens (including phenoxy) is 1. The minimum Gasteiger partial charge on any atom is -0.497 e. The van der Waals surface area contributed by atoms with Crippen molar-refractivity contribution in [2.24, 2.45) is 0 Å². The highest BCUT2D eigenvalue weighted by Crippen LogP contribution is 2.27. The van der Waals surface area contributed by atoms with E-state index in [9.17, 15) is 13.2 Å². The summed E-state index contributed by atoms with van der Waals surface area (Å²) in [5.74, 6) is 0.0903. The zero-order valence-corrected chi connectivity index (χ0v) is 14.8. The number of carbonyl (C=O) groups excluding carboxylic acids is 1. The van der Waals surface area contributed by atoms with Crippen LogP contribution in [0.1, 0.15) is 0 Å². The molecular weight excluding hydrogens is 352 g/mol. The average Bonchev–Trinajstić information content (AvgIpc) is 2.52. The third kappa shape index (κ3) is 4.62. The fourth-order valence-corrected chi connectivity index (χ4v) is 3.22. The minimum absolute atomic E-state index is 0.247. The fourth-order valence-electron chi connectivity index (χ4n) is 2.07. The Kier molecular flexibility index (Phi) is 5.69. The lowest BCUT2D eigenvalue weighted by atomic mass is 10.3. The molecule has 0 fully saturated rings. The van der Waals surface area contributed by atoms with Gasteiger partial charge in [-0.15, -0.1) is 0 Å². The smallest absolute Gasteiger partial charge is 0.245 e. The van der Waals surface area contributed by atoms with Crippen molar-refractivity contribution >= 4 is 38.9 Å². The Labute approximate surface area is 146 Å². The highest BCUT2D eigenvalue weighted by atomic mass is 35.5. The zero-order valence-electron chi connectivity index (χ0n) is 13.2. The fraction of sp³-hybridized carbons (Fsp3) is 0.188. The summed E-state index contributed by atoms with van der Waals surface area (Å²) in [6.07, 6.45) is 1.02. The SMILES string of the molecule is COc1cccc(NC(=O)CN(c2ccccc2Cl)S(C)(=O)=O)c1. The monoisotopic (exact) mass is 368 g/mol. The van der Waals surface area contributed by atoms with E-state index >= 15 is 0 Å². The molecule has 0 heterocycles. The van der Waals surface area contributed by atoms with Gasteiger partial charge in [0.1, 0.15) is 12.3 Å². The predicted octanol–water partition coefficient (Wildman–Crippen LogP) is 2.75. The first kappa shape index (κ1) is 18.1. The minimum atomic E-state index is -3.68. The van der Waals surface area contributed by atoms with Gasteiger partial charge in [0.2, 0.25) is 15.9 Å². The summed E-state index contributed by atoms with van der Waals surface area (Å²) < 4.78 is 30.1. The quantitative estimate of drug-likeness (QED) is 0.850. The lowest BCUT2D eigenvalue weighted by molar-refractivity contribution is -0.114. The van der Waals surface area contributed by atoms with E-state index in [1.807, 2.05) is 0 Å². The van der Waals surface area contributed by atoms with Crippen LogP contribution in [0.15, 0.2) is 48.5 Å². The topological polar surface area (TPSA) is 75.7 Å². The van der Waals surface area contributed by atoms with Gasteiger partial charge in [-0.05, 0) is 24.3 Å². The van der Waals surface area contributed by atoms with Gasteiger partial charge in [-0.1, -0.05) is 29.8 Å². The van der Waals surface area contributed by atoms with Crippen LogP contribution in [0.5, 0.6) is 5.75 Å². The van der Waals surface area contributed by atoms with Crippen LogP contribution in [-0.4, -0.2) is 34.2 Å². The van der Waals surface area contributed by atoms with Gasteiger partial charge in [-0.2, -0.15) is 0 Å². The highest BCUT2D eigenvalue weighted by molar-refractivity contribution is 7.92. The third-order valence-corrected chi connectivity index (χ3v) is 4.61. The van der Waals surface area contributed by atoms with E-state index in [0.29, 0.717) is 11.4 Å². The van der Waals surface area contributed by atoms with Crippen LogP contribution in [0.25, 0.3) is 0 Å². The number of benzene rings is 2. The second kappa shape index (κ2) is 7.55. The molecule has 8 heteroatoms. The van der Waals surface area contributed by atoms with E-state index in [2.05, 4.69) is 5.32 Å². The Bertz CT molecular complexity index is 839. The van der Waals surface area contributed by atoms with Crippen molar-refractivity contribution < 1.29 is 17.9 Å². The maximum atomic E-state index is 12.3. The number of nitrogens with zero attached hydrogens (tertiary/aromatic N) is 1. The number of hydrogen-bond acceptors (Lipinski definition) is 4. The molecular formula is C16H17ClN2O4S. The molecule has 0 saturated heterocycles. The molecule has 6 nitrogen and oxygen atoms in total. The molecule has 0 unspecified atom stereocenters. The number of anilines is 2. The summed E-state index contributed by atoms with van der Waals surface area (Å²) in [4.78, 5) is 12.3. The first-order valence-corrected chi connectivity index (χ1v) is 9.20. The maximum absolute atomic E-state index is 12.3. The van der Waals surface area contributed by atoms with Gasteiger partial charge in [0.15, 0.2) is 0 Å². The van der Waals surface area contributed by atoms with Gasteiger partial charge in [0.25, 0.3) is 0 Å². The lowest BCUT2D eigenvalue weighted by Gasteiger charge is -2.22. The largest absolute Gasteiger partial charge is 0.497 e. The van der Waals surface area contributed by atoms with E-state index in [1.54, 1.807) is 48.5 Å². The van der Waals surface area contributed by atoms with Crippen LogP contribution >= 0.6 is 11.6 Å². The van der Waals surface area contributed by atoms with E-state index in [4.69, 9.17) is 16.3 Å². The number of para-hydroxylation sites is 1. The first-order chi connectivity index (χ1) is 11.3. The predicted molar refractivity (Wildman–Crippen MR) is 95.3 cm³/mol. The van der Waals surface area contributed by atoms with Crippen LogP contribution in [0, 0.1) is 0 Å². The molecule has 0 radical (unpaired) electrons. The van der Waals surface area contributed by atoms with E-state index in [0.717, 1.165) is 10.6 Å². The molecule has 0 atom stereocenters. The zero-order chi connectivity index (χ0) is 17.7. The van der Waals surface area contributed by atoms with Crippen LogP contribution < -0.4 is 14.4 Å². The second-order valence-electron chi connectivity index (χ2n) is 5.00. The molecule has 2 aromatic rings. The van der Waals surface area contributed by atoms with Crippen molar-refractivity contribution in [2.45, 2.75) is 0 Å². The van der Waals surface area contributed by atoms with Gasteiger partial charge >= 0.3 is 0 Å². The third-order valence-electron chi connectivity index (χ3n) is 3.16. The van der Waals surface area contributed by atoms with Gasteiger partial charge in [-0.3, -0.25) is 9.10 Å². The van der Waals surface area contributed by atoms with Crippen LogP contribution in [0.3, 0.4) is 0 Å². The molecule has 2 rings (SSSR count). The Morgan fingerprint density at radius 2 is 1.92 bits per heavy atom. The van der Waals surface area contributed by atoms with E-state index in [-0.39, 0.29) is 17.3 Å². The second-order valence-corrected chi connectivity index (χ2v) is 7.32. The molecule has 0 aliphatic carbocycles. The Morgan fingerprint density at radius 1 is 1.21 bits per heavy atom. The van der Waals surface area contributed by atoms with Crippen LogP contribution in [0.4, 0.5) is 11.4 Å². The van der Waals surface area contributed by atoms with Crippen molar-refractivity contribution in [3.05, 3.63) is 53.6 Å². The highest BCUT2D eigenvalue weighted by Gasteiger charge is 2.22. The molecule has 0 aliphatic heterocycles. The Balaban J connectivity index is 2.21. The number of nitrogens with one attached hydrogen (secondary N) is 1. The molecule has 1 N–H and O–H groups in total. The standard InChI is InChI=1S/C16H17ClN2O4S/c1-23-13-7-5-6-12(10-13)18-16(20)11-19(24(2,21)22)15-9-4-3-8-14(15)17/h3-10H,11H2,1-2H3,(H,18,20). The van der Waals surface area contributed by atoms with Crippen molar-refractivity contribution in [2.75, 3.05) is 29.5 Å². The number of methoxy groups -OCH3 is 1. The molecule has 0 aliphatic rings. The van der Waals surface area contributed by atoms with Crippen molar-refractivity contribution in [3.63, 3.8) is 0 Å². The summed E-state index contributed by atoms with van der Waals surface area (Å²) in [6, 6.07) is 13.2. The molecule has 128 valence electrons. The number of rotatable bonds is 6.